The molecule has 0 aliphatic rings. The normalized spacial score (nSPS) is 16.7. The van der Waals surface area contributed by atoms with Crippen LogP contribution in [0.3, 0.4) is 0 Å². The van der Waals surface area contributed by atoms with Gasteiger partial charge in [0.15, 0.2) is 0 Å². The van der Waals surface area contributed by atoms with Gasteiger partial charge in [-0.15, -0.1) is 0 Å². The van der Waals surface area contributed by atoms with Gasteiger partial charge in [-0.2, -0.15) is 0 Å². The van der Waals surface area contributed by atoms with Crippen LogP contribution < -0.4 is 27.4 Å². The zero-order valence-corrected chi connectivity index (χ0v) is 19.6. The molecule has 0 heterocycles. The smallest absolute Gasteiger partial charge is 0.326 e. The molecule has 6 atom stereocenters. The Hall–Kier alpha value is -2.24. The molecule has 32 heavy (non-hydrogen) atoms. The van der Waals surface area contributed by atoms with E-state index in [1.54, 1.807) is 13.8 Å². The van der Waals surface area contributed by atoms with Crippen molar-refractivity contribution in [1.29, 1.82) is 0 Å². The van der Waals surface area contributed by atoms with E-state index in [-0.39, 0.29) is 18.3 Å². The van der Waals surface area contributed by atoms with Gasteiger partial charge in [0.2, 0.25) is 17.7 Å². The van der Waals surface area contributed by atoms with Crippen molar-refractivity contribution in [3.05, 3.63) is 0 Å². The van der Waals surface area contributed by atoms with Crippen molar-refractivity contribution in [1.82, 2.24) is 16.0 Å². The fourth-order valence-electron chi connectivity index (χ4n) is 2.95. The van der Waals surface area contributed by atoms with Gasteiger partial charge in [0, 0.05) is 0 Å². The molecule has 0 aromatic heterocycles. The number of rotatable bonds is 16. The Kier molecular flexibility index (Phi) is 14.5. The zero-order valence-electron chi connectivity index (χ0n) is 19.6. The summed E-state index contributed by atoms with van der Waals surface area (Å²) in [6.45, 7) is 6.88. The molecule has 0 radical (unpaired) electrons. The maximum atomic E-state index is 12.8. The number of unbranched alkanes of at least 4 members (excludes halogenated alkanes) is 1. The van der Waals surface area contributed by atoms with E-state index < -0.39 is 54.5 Å². The molecule has 3 amide bonds. The van der Waals surface area contributed by atoms with E-state index in [9.17, 15) is 29.4 Å². The Morgan fingerprint density at radius 2 is 1.38 bits per heavy atom. The summed E-state index contributed by atoms with van der Waals surface area (Å²) in [5, 5.41) is 26.3. The van der Waals surface area contributed by atoms with Gasteiger partial charge in [-0.05, 0) is 37.6 Å². The minimum Gasteiger partial charge on any atom is -0.480 e. The monoisotopic (exact) mass is 459 g/mol. The van der Waals surface area contributed by atoms with Crippen LogP contribution in [0, 0.1) is 11.8 Å². The van der Waals surface area contributed by atoms with Crippen LogP contribution in [-0.4, -0.2) is 71.2 Å². The molecule has 0 rings (SSSR count). The molecular weight excluding hydrogens is 418 g/mol. The number of nitrogens with one attached hydrogen (secondary N) is 3. The highest BCUT2D eigenvalue weighted by Gasteiger charge is 2.31. The first-order valence-corrected chi connectivity index (χ1v) is 11.2. The first-order chi connectivity index (χ1) is 15.0. The van der Waals surface area contributed by atoms with Crippen LogP contribution in [-0.2, 0) is 19.2 Å². The lowest BCUT2D eigenvalue weighted by Gasteiger charge is -2.26. The van der Waals surface area contributed by atoms with E-state index in [0.29, 0.717) is 32.2 Å². The largest absolute Gasteiger partial charge is 0.480 e. The van der Waals surface area contributed by atoms with Crippen molar-refractivity contribution in [2.45, 2.75) is 84.0 Å². The molecule has 9 N–H and O–H groups in total. The zero-order chi connectivity index (χ0) is 24.8. The van der Waals surface area contributed by atoms with Gasteiger partial charge in [-0.3, -0.25) is 14.4 Å². The second-order valence-electron chi connectivity index (χ2n) is 8.21. The molecule has 0 aliphatic carbocycles. The number of amides is 3. The van der Waals surface area contributed by atoms with Crippen LogP contribution in [0.4, 0.5) is 0 Å². The topological polar surface area (TPSA) is 197 Å². The van der Waals surface area contributed by atoms with Gasteiger partial charge in [-0.1, -0.05) is 40.5 Å². The standard InChI is InChI=1S/C21H41N5O6/c1-5-12(3)16(23)20(30)24-14(9-7-8-10-22)18(28)25-15(11-27)19(29)26-17(21(31)32)13(4)6-2/h12-17,27H,5-11,22-23H2,1-4H3,(H,24,30)(H,25,28)(H,26,29)(H,31,32). The minimum atomic E-state index is -1.37. The third kappa shape index (κ3) is 9.92. The van der Waals surface area contributed by atoms with Crippen molar-refractivity contribution in [3.8, 4) is 0 Å². The Morgan fingerprint density at radius 3 is 1.84 bits per heavy atom. The van der Waals surface area contributed by atoms with E-state index in [1.807, 2.05) is 13.8 Å². The van der Waals surface area contributed by atoms with E-state index >= 15 is 0 Å². The minimum absolute atomic E-state index is 0.0905. The van der Waals surface area contributed by atoms with Gasteiger partial charge >= 0.3 is 5.97 Å². The lowest BCUT2D eigenvalue weighted by Crippen LogP contribution is -2.59. The van der Waals surface area contributed by atoms with E-state index in [1.165, 1.54) is 0 Å². The highest BCUT2D eigenvalue weighted by atomic mass is 16.4. The molecule has 0 aromatic carbocycles. The van der Waals surface area contributed by atoms with Crippen molar-refractivity contribution < 1.29 is 29.4 Å². The maximum absolute atomic E-state index is 12.8. The van der Waals surface area contributed by atoms with E-state index in [4.69, 9.17) is 11.5 Å². The fraction of sp³-hybridized carbons (Fsp3) is 0.810. The van der Waals surface area contributed by atoms with Crippen LogP contribution in [0.2, 0.25) is 0 Å². The molecule has 6 unspecified atom stereocenters. The molecule has 0 saturated carbocycles. The summed E-state index contributed by atoms with van der Waals surface area (Å²) in [6.07, 6.45) is 2.66. The Labute approximate surface area is 190 Å². The molecule has 11 heteroatoms. The average molecular weight is 460 g/mol. The predicted molar refractivity (Wildman–Crippen MR) is 120 cm³/mol. The summed E-state index contributed by atoms with van der Waals surface area (Å²) in [6, 6.07) is -4.30. The number of hydrogen-bond donors (Lipinski definition) is 7. The molecular formula is C21H41N5O6. The lowest BCUT2D eigenvalue weighted by molar-refractivity contribution is -0.144. The number of aliphatic hydroxyl groups is 1. The van der Waals surface area contributed by atoms with Gasteiger partial charge in [0.05, 0.1) is 12.6 Å². The summed E-state index contributed by atoms with van der Waals surface area (Å²) in [4.78, 5) is 49.3. The third-order valence-corrected chi connectivity index (χ3v) is 5.73. The second kappa shape index (κ2) is 15.5. The van der Waals surface area contributed by atoms with Crippen LogP contribution in [0.25, 0.3) is 0 Å². The van der Waals surface area contributed by atoms with Gasteiger partial charge < -0.3 is 37.6 Å². The first-order valence-electron chi connectivity index (χ1n) is 11.2. The fourth-order valence-corrected chi connectivity index (χ4v) is 2.95. The molecule has 186 valence electrons. The van der Waals surface area contributed by atoms with Crippen LogP contribution in [0.1, 0.15) is 59.8 Å². The van der Waals surface area contributed by atoms with E-state index in [0.717, 1.165) is 0 Å². The number of carboxylic acids is 1. The third-order valence-electron chi connectivity index (χ3n) is 5.73. The van der Waals surface area contributed by atoms with Gasteiger partial charge in [-0.25, -0.2) is 4.79 Å². The Balaban J connectivity index is 5.32. The van der Waals surface area contributed by atoms with Crippen molar-refractivity contribution >= 4 is 23.7 Å². The maximum Gasteiger partial charge on any atom is 0.326 e. The summed E-state index contributed by atoms with van der Waals surface area (Å²) < 4.78 is 0. The number of hydrogen-bond acceptors (Lipinski definition) is 7. The lowest BCUT2D eigenvalue weighted by atomic mass is 9.98. The predicted octanol–water partition coefficient (Wildman–Crippen LogP) is -0.934. The average Bonchev–Trinajstić information content (AvgIpc) is 2.77. The number of carbonyl (C=O) groups is 4. The summed E-state index contributed by atoms with van der Waals surface area (Å²) in [5.41, 5.74) is 11.5. The molecule has 0 aliphatic heterocycles. The molecule has 0 bridgehead atoms. The Bertz CT molecular complexity index is 617. The number of aliphatic hydroxyl groups excluding tert-OH is 1. The molecule has 0 saturated heterocycles. The quantitative estimate of drug-likeness (QED) is 0.144. The summed E-state index contributed by atoms with van der Waals surface area (Å²) in [7, 11) is 0. The van der Waals surface area contributed by atoms with Crippen molar-refractivity contribution in [2.24, 2.45) is 23.3 Å². The molecule has 11 nitrogen and oxygen atoms in total. The van der Waals surface area contributed by atoms with Crippen LogP contribution in [0.5, 0.6) is 0 Å². The summed E-state index contributed by atoms with van der Waals surface area (Å²) in [5.74, 6) is -3.63. The highest BCUT2D eigenvalue weighted by Crippen LogP contribution is 2.09. The van der Waals surface area contributed by atoms with Crippen molar-refractivity contribution in [3.63, 3.8) is 0 Å². The van der Waals surface area contributed by atoms with Gasteiger partial charge in [0.1, 0.15) is 18.1 Å². The van der Waals surface area contributed by atoms with Crippen LogP contribution >= 0.6 is 0 Å². The van der Waals surface area contributed by atoms with Gasteiger partial charge in [0.25, 0.3) is 0 Å². The second-order valence-corrected chi connectivity index (χ2v) is 8.21. The molecule has 0 fully saturated rings. The first kappa shape index (κ1) is 29.8. The highest BCUT2D eigenvalue weighted by molar-refractivity contribution is 5.94. The number of nitrogens with two attached hydrogens (primary N) is 2. The molecule has 0 spiro atoms. The van der Waals surface area contributed by atoms with Crippen LogP contribution in [0.15, 0.2) is 0 Å². The molecule has 0 aromatic rings. The SMILES string of the molecule is CCC(C)C(N)C(=O)NC(CCCCN)C(=O)NC(CO)C(=O)NC(C(=O)O)C(C)CC. The number of carbonyl (C=O) groups excluding carboxylic acids is 3. The van der Waals surface area contributed by atoms with Crippen molar-refractivity contribution in [2.75, 3.05) is 13.2 Å². The Morgan fingerprint density at radius 1 is 0.844 bits per heavy atom. The summed E-state index contributed by atoms with van der Waals surface area (Å²) >= 11 is 0. The van der Waals surface area contributed by atoms with E-state index in [2.05, 4.69) is 16.0 Å². The number of aliphatic carboxylic acids is 1. The number of carboxylic acid groups (broad SMARTS) is 1.